The maximum atomic E-state index is 12.3. The van der Waals surface area contributed by atoms with Crippen LogP contribution in [0, 0.1) is 17.3 Å². The van der Waals surface area contributed by atoms with Gasteiger partial charge in [0.05, 0.1) is 17.6 Å². The Kier molecular flexibility index (Phi) is 3.58. The van der Waals surface area contributed by atoms with Crippen molar-refractivity contribution in [2.75, 3.05) is 0 Å². The van der Waals surface area contributed by atoms with Gasteiger partial charge >= 0.3 is 11.9 Å². The second kappa shape index (κ2) is 5.46. The third-order valence-corrected chi connectivity index (χ3v) is 5.74. The molecule has 2 heterocycles. The molecule has 6 nitrogen and oxygen atoms in total. The summed E-state index contributed by atoms with van der Waals surface area (Å²) in [5, 5.41) is 10.4. The van der Waals surface area contributed by atoms with E-state index in [1.54, 1.807) is 13.0 Å². The number of esters is 2. The molecular weight excluding hydrogens is 324 g/mol. The maximum absolute atomic E-state index is 12.3. The highest BCUT2D eigenvalue weighted by molar-refractivity contribution is 5.92. The van der Waals surface area contributed by atoms with Crippen LogP contribution in [0.1, 0.15) is 40.0 Å². The third-order valence-electron chi connectivity index (χ3n) is 5.74. The van der Waals surface area contributed by atoms with E-state index in [4.69, 9.17) is 14.2 Å². The standard InChI is InChI=1S/C19H22O6/c1-9-6-14(24-17(9)21)23-8-12-10-7-11-13(20)4-5-19(2,3)15(11)16(10)25-18(12)22/h6,8-10,13,16,20H,4-5,7H2,1-3H3. The SMILES string of the molecule is CC1C=C(OC=C2C(=O)OC3C4=C(CC23)C(O)CCC4(C)C)OC1=O. The molecular formula is C19H22O6. The lowest BCUT2D eigenvalue weighted by molar-refractivity contribution is -0.142. The fourth-order valence-corrected chi connectivity index (χ4v) is 4.35. The van der Waals surface area contributed by atoms with Gasteiger partial charge in [-0.2, -0.15) is 0 Å². The van der Waals surface area contributed by atoms with Crippen molar-refractivity contribution < 1.29 is 28.9 Å². The number of cyclic esters (lactones) is 1. The van der Waals surface area contributed by atoms with Crippen molar-refractivity contribution in [1.82, 2.24) is 0 Å². The van der Waals surface area contributed by atoms with Gasteiger partial charge in [0, 0.05) is 12.0 Å². The molecule has 4 aliphatic rings. The van der Waals surface area contributed by atoms with Crippen LogP contribution in [-0.2, 0) is 23.8 Å². The summed E-state index contributed by atoms with van der Waals surface area (Å²) in [7, 11) is 0. The number of hydrogen-bond donors (Lipinski definition) is 1. The first-order valence-corrected chi connectivity index (χ1v) is 8.70. The van der Waals surface area contributed by atoms with Crippen LogP contribution in [0.5, 0.6) is 0 Å². The molecule has 4 atom stereocenters. The van der Waals surface area contributed by atoms with Gasteiger partial charge in [0.15, 0.2) is 0 Å². The van der Waals surface area contributed by atoms with E-state index in [1.807, 2.05) is 0 Å². The second-order valence-corrected chi connectivity index (χ2v) is 7.90. The summed E-state index contributed by atoms with van der Waals surface area (Å²) < 4.78 is 16.0. The summed E-state index contributed by atoms with van der Waals surface area (Å²) in [6.45, 7) is 5.98. The second-order valence-electron chi connectivity index (χ2n) is 7.90. The fraction of sp³-hybridized carbons (Fsp3) is 0.579. The van der Waals surface area contributed by atoms with Crippen LogP contribution in [0.2, 0.25) is 0 Å². The van der Waals surface area contributed by atoms with E-state index in [1.165, 1.54) is 6.26 Å². The smallest absolute Gasteiger partial charge is 0.338 e. The lowest BCUT2D eigenvalue weighted by atomic mass is 9.71. The molecule has 0 amide bonds. The molecule has 0 spiro atoms. The third kappa shape index (κ3) is 2.51. The highest BCUT2D eigenvalue weighted by Gasteiger charge is 2.53. The van der Waals surface area contributed by atoms with Crippen LogP contribution in [-0.4, -0.2) is 29.3 Å². The number of carbonyl (C=O) groups excluding carboxylic acids is 2. The molecule has 0 bridgehead atoms. The maximum Gasteiger partial charge on any atom is 0.338 e. The van der Waals surface area contributed by atoms with Crippen molar-refractivity contribution >= 4 is 11.9 Å². The quantitative estimate of drug-likeness (QED) is 0.358. The minimum Gasteiger partial charge on any atom is -0.454 e. The Morgan fingerprint density at radius 1 is 1.36 bits per heavy atom. The van der Waals surface area contributed by atoms with Gasteiger partial charge in [-0.25, -0.2) is 4.79 Å². The summed E-state index contributed by atoms with van der Waals surface area (Å²) in [6, 6.07) is 0. The van der Waals surface area contributed by atoms with E-state index in [-0.39, 0.29) is 35.3 Å². The van der Waals surface area contributed by atoms with Crippen molar-refractivity contribution in [3.8, 4) is 0 Å². The molecule has 0 aromatic rings. The first-order valence-electron chi connectivity index (χ1n) is 8.70. The van der Waals surface area contributed by atoms with E-state index in [0.29, 0.717) is 12.0 Å². The highest BCUT2D eigenvalue weighted by Crippen LogP contribution is 2.54. The van der Waals surface area contributed by atoms with Crippen molar-refractivity contribution in [3.05, 3.63) is 35.0 Å². The Morgan fingerprint density at radius 3 is 2.80 bits per heavy atom. The molecule has 1 fully saturated rings. The predicted molar refractivity (Wildman–Crippen MR) is 86.5 cm³/mol. The number of aliphatic hydroxyl groups excluding tert-OH is 1. The number of ether oxygens (including phenoxy) is 3. The molecule has 0 saturated carbocycles. The van der Waals surface area contributed by atoms with Gasteiger partial charge in [0.25, 0.3) is 5.95 Å². The first kappa shape index (κ1) is 16.4. The average molecular weight is 346 g/mol. The van der Waals surface area contributed by atoms with E-state index >= 15 is 0 Å². The molecule has 4 rings (SSSR count). The minimum atomic E-state index is -0.464. The van der Waals surface area contributed by atoms with Gasteiger partial charge < -0.3 is 19.3 Å². The zero-order valence-electron chi connectivity index (χ0n) is 14.6. The molecule has 1 N–H and O–H groups in total. The average Bonchev–Trinajstić information content (AvgIpc) is 3.15. The highest BCUT2D eigenvalue weighted by atomic mass is 16.7. The number of hydrogen-bond acceptors (Lipinski definition) is 6. The zero-order chi connectivity index (χ0) is 17.9. The summed E-state index contributed by atoms with van der Waals surface area (Å²) >= 11 is 0. The monoisotopic (exact) mass is 346 g/mol. The Bertz CT molecular complexity index is 741. The van der Waals surface area contributed by atoms with Gasteiger partial charge in [-0.05, 0) is 42.7 Å². The lowest BCUT2D eigenvalue weighted by Gasteiger charge is -2.36. The van der Waals surface area contributed by atoms with Crippen molar-refractivity contribution in [3.63, 3.8) is 0 Å². The topological polar surface area (TPSA) is 82.1 Å². The number of rotatable bonds is 2. The molecule has 2 aliphatic heterocycles. The van der Waals surface area contributed by atoms with E-state index in [9.17, 15) is 14.7 Å². The fourth-order valence-electron chi connectivity index (χ4n) is 4.35. The number of fused-ring (bicyclic) bond motifs is 2. The van der Waals surface area contributed by atoms with Crippen LogP contribution in [0.25, 0.3) is 0 Å². The Labute approximate surface area is 146 Å². The van der Waals surface area contributed by atoms with E-state index < -0.39 is 12.1 Å². The lowest BCUT2D eigenvalue weighted by Crippen LogP contribution is -2.31. The van der Waals surface area contributed by atoms with Gasteiger partial charge in [-0.3, -0.25) is 4.79 Å². The van der Waals surface area contributed by atoms with Crippen molar-refractivity contribution in [2.45, 2.75) is 52.2 Å². The summed E-state index contributed by atoms with van der Waals surface area (Å²) in [6.07, 6.45) is 4.31. The molecule has 25 heavy (non-hydrogen) atoms. The van der Waals surface area contributed by atoms with Crippen LogP contribution in [0.4, 0.5) is 0 Å². The largest absolute Gasteiger partial charge is 0.454 e. The Hall–Kier alpha value is -2.08. The Morgan fingerprint density at radius 2 is 2.12 bits per heavy atom. The van der Waals surface area contributed by atoms with Crippen LogP contribution >= 0.6 is 0 Å². The molecule has 0 aromatic carbocycles. The summed E-state index contributed by atoms with van der Waals surface area (Å²) in [5.74, 6) is -1.19. The predicted octanol–water partition coefficient (Wildman–Crippen LogP) is 2.34. The van der Waals surface area contributed by atoms with Crippen molar-refractivity contribution in [2.24, 2.45) is 17.3 Å². The summed E-state index contributed by atoms with van der Waals surface area (Å²) in [5.41, 5.74) is 2.40. The molecule has 4 unspecified atom stereocenters. The zero-order valence-corrected chi connectivity index (χ0v) is 14.6. The van der Waals surface area contributed by atoms with Gasteiger partial charge in [-0.1, -0.05) is 13.8 Å². The van der Waals surface area contributed by atoms with Crippen LogP contribution in [0.15, 0.2) is 35.0 Å². The number of carbonyl (C=O) groups is 2. The molecule has 0 radical (unpaired) electrons. The molecule has 2 aliphatic carbocycles. The molecule has 1 saturated heterocycles. The van der Waals surface area contributed by atoms with E-state index in [2.05, 4.69) is 13.8 Å². The molecule has 134 valence electrons. The first-order chi connectivity index (χ1) is 11.8. The van der Waals surface area contributed by atoms with Gasteiger partial charge in [-0.15, -0.1) is 0 Å². The molecule has 6 heteroatoms. The normalized spacial score (nSPS) is 37.6. The van der Waals surface area contributed by atoms with Crippen LogP contribution < -0.4 is 0 Å². The summed E-state index contributed by atoms with van der Waals surface area (Å²) in [4.78, 5) is 23.7. The minimum absolute atomic E-state index is 0.0937. The van der Waals surface area contributed by atoms with Gasteiger partial charge in [0.1, 0.15) is 12.4 Å². The Balaban J connectivity index is 1.58. The number of aliphatic hydroxyl groups is 1. The van der Waals surface area contributed by atoms with E-state index in [0.717, 1.165) is 24.0 Å². The van der Waals surface area contributed by atoms with Gasteiger partial charge in [0.2, 0.25) is 0 Å². The van der Waals surface area contributed by atoms with Crippen molar-refractivity contribution in [1.29, 1.82) is 0 Å². The van der Waals surface area contributed by atoms with Crippen LogP contribution in [0.3, 0.4) is 0 Å². The molecule has 0 aromatic heterocycles.